The predicted octanol–water partition coefficient (Wildman–Crippen LogP) is 14.9. The molecule has 4 N–H and O–H groups in total. The molecule has 1 saturated heterocycles. The monoisotopic (exact) mass is 1290 g/mol. The van der Waals surface area contributed by atoms with E-state index in [9.17, 15) is 47.9 Å². The topological polar surface area (TPSA) is 254 Å². The lowest BCUT2D eigenvalue weighted by molar-refractivity contribution is -0.143. The first-order chi connectivity index (χ1) is 44.8. The minimum Gasteiger partial charge on any atom is -0.466 e. The van der Waals surface area contributed by atoms with Crippen molar-refractivity contribution >= 4 is 62.2 Å². The first-order valence-corrected chi connectivity index (χ1v) is 33.7. The van der Waals surface area contributed by atoms with Crippen molar-refractivity contribution in [1.29, 1.82) is 0 Å². The number of nitrogens with zero attached hydrogens (tertiary/aromatic N) is 1. The largest absolute Gasteiger partial charge is 0.466 e. The van der Waals surface area contributed by atoms with E-state index in [0.717, 1.165) is 138 Å². The second-order valence-electron chi connectivity index (χ2n) is 23.8. The van der Waals surface area contributed by atoms with Crippen LogP contribution in [0.4, 0.5) is 0 Å². The van der Waals surface area contributed by atoms with E-state index in [2.05, 4.69) is 74.0 Å². The van der Waals surface area contributed by atoms with E-state index in [0.29, 0.717) is 81.8 Å². The minimum absolute atomic E-state index is 0.0513. The molecular weight excluding hydrogens is 1170 g/mol. The molecule has 7 rings (SSSR count). The van der Waals surface area contributed by atoms with Crippen LogP contribution in [0.5, 0.6) is 11.5 Å². The predicted molar refractivity (Wildman–Crippen MR) is 376 cm³/mol. The number of aryl methyl sites for hydroxylation is 1. The fourth-order valence-corrected chi connectivity index (χ4v) is 8.92. The SMILES string of the molecule is CC(C)C=O.CC(C=O)Cc1ccc2c(c1)OCO2.CC1(C)CCCC(CC=O)C1.CCC(C)C=O.CCC=O.CCCCCCC=O.CCOC(=O)CCCC=O.NCC(c1ccccc1)c1ccccc1.NCCCN1CCCC1=O.O=CCCc1ccccc1. The molecule has 4 aromatic rings. The molecule has 0 aromatic heterocycles. The van der Waals surface area contributed by atoms with Gasteiger partial charge in [0.25, 0.3) is 0 Å². The summed E-state index contributed by atoms with van der Waals surface area (Å²) in [5.41, 5.74) is 16.5. The third-order valence-electron chi connectivity index (χ3n) is 14.3. The zero-order valence-electron chi connectivity index (χ0n) is 58.4. The zero-order chi connectivity index (χ0) is 70.2. The highest BCUT2D eigenvalue weighted by Gasteiger charge is 2.27. The Bertz CT molecular complexity index is 2440. The summed E-state index contributed by atoms with van der Waals surface area (Å²) >= 11 is 0. The summed E-state index contributed by atoms with van der Waals surface area (Å²) in [7, 11) is 0. The maximum atomic E-state index is 11.0. The van der Waals surface area contributed by atoms with Crippen LogP contribution in [0.2, 0.25) is 0 Å². The molecule has 3 unspecified atom stereocenters. The van der Waals surface area contributed by atoms with Crippen LogP contribution in [0.3, 0.4) is 0 Å². The van der Waals surface area contributed by atoms with Crippen molar-refractivity contribution in [3.63, 3.8) is 0 Å². The summed E-state index contributed by atoms with van der Waals surface area (Å²) in [6.07, 6.45) is 27.0. The van der Waals surface area contributed by atoms with Crippen LogP contribution in [0.15, 0.2) is 109 Å². The zero-order valence-corrected chi connectivity index (χ0v) is 58.4. The molecule has 3 aliphatic rings. The van der Waals surface area contributed by atoms with E-state index in [1.807, 2.05) is 107 Å². The normalized spacial score (nSPS) is 13.8. The first-order valence-electron chi connectivity index (χ1n) is 33.7. The molecule has 16 nitrogen and oxygen atoms in total. The average molecular weight is 1290 g/mol. The van der Waals surface area contributed by atoms with Gasteiger partial charge in [0.15, 0.2) is 11.5 Å². The molecule has 16 heteroatoms. The summed E-state index contributed by atoms with van der Waals surface area (Å²) < 4.78 is 15.1. The fraction of sp³-hybridized carbons (Fsp3) is 0.558. The molecular formula is C77H119N3O13. The van der Waals surface area contributed by atoms with Gasteiger partial charge in [-0.05, 0) is 123 Å². The summed E-state index contributed by atoms with van der Waals surface area (Å²) in [6.45, 7) is 23.7. The third-order valence-corrected chi connectivity index (χ3v) is 14.3. The standard InChI is InChI=1S/C14H15N.C11H12O3.C10H18O.C9H10O.C7H14N2O.C7H12O3.C7H14O.C5H10O.C4H8O.C3H6O/c15-11-14(12-7-3-1-4-8-12)13-9-5-2-6-10-13;1-8(6-12)4-9-2-3-10-11(5-9)14-7-13-10;1-10(2)6-3-4-9(8-10)5-7-11;10-8-4-7-9-5-2-1-3-6-9;8-4-2-6-9-5-1-3-7(9)10;1-2-10-7(9)5-3-4-6-8;1-2-3-4-5-6-7-8;1-3-5(2)4-6;1-4(2)3-5;1-2-3-4/h1-10,14H,11,15H2;2-3,5-6,8H,4,7H2,1H3;7,9H,3-6,8H2,1-2H3;1-3,5-6,8H,4,7H2;1-6,8H2;6H,2-5H2,1H3;7H,2-6H2,1H3;4-5H,3H2,1-2H3;3-4H,1-2H3;3H,2H2,1H3. The lowest BCUT2D eigenvalue weighted by atomic mass is 9.71. The van der Waals surface area contributed by atoms with Gasteiger partial charge in [0.2, 0.25) is 12.7 Å². The number of likely N-dealkylation sites (tertiary alicyclic amines) is 1. The molecule has 4 aromatic carbocycles. The van der Waals surface area contributed by atoms with Gasteiger partial charge in [0, 0.05) is 88.3 Å². The van der Waals surface area contributed by atoms with Crippen LogP contribution in [-0.4, -0.2) is 107 Å². The maximum Gasteiger partial charge on any atom is 0.305 e. The number of rotatable bonds is 28. The van der Waals surface area contributed by atoms with Crippen LogP contribution in [0.1, 0.15) is 219 Å². The van der Waals surface area contributed by atoms with Gasteiger partial charge in [-0.25, -0.2) is 0 Å². The maximum absolute atomic E-state index is 11.0. The molecule has 3 atom stereocenters. The summed E-state index contributed by atoms with van der Waals surface area (Å²) in [4.78, 5) is 102. The number of amides is 1. The molecule has 0 bridgehead atoms. The van der Waals surface area contributed by atoms with E-state index in [-0.39, 0.29) is 23.7 Å². The summed E-state index contributed by atoms with van der Waals surface area (Å²) in [5, 5.41) is 0. The van der Waals surface area contributed by atoms with Crippen LogP contribution in [-0.2, 0) is 65.5 Å². The number of unbranched alkanes of at least 4 members (excludes halogenated alkanes) is 5. The number of benzene rings is 4. The van der Waals surface area contributed by atoms with E-state index in [4.69, 9.17) is 20.9 Å². The fourth-order valence-electron chi connectivity index (χ4n) is 8.92. The molecule has 2 fully saturated rings. The minimum atomic E-state index is -0.218. The lowest BCUT2D eigenvalue weighted by Crippen LogP contribution is -2.27. The van der Waals surface area contributed by atoms with Crippen LogP contribution in [0, 0.1) is 29.1 Å². The highest BCUT2D eigenvalue weighted by molar-refractivity contribution is 5.78. The van der Waals surface area contributed by atoms with Gasteiger partial charge in [-0.1, -0.05) is 185 Å². The molecule has 0 radical (unpaired) electrons. The van der Waals surface area contributed by atoms with Crippen molar-refractivity contribution in [3.8, 4) is 11.5 Å². The Kier molecular flexibility index (Phi) is 61.3. The number of hydrogen-bond donors (Lipinski definition) is 2. The van der Waals surface area contributed by atoms with Crippen molar-refractivity contribution in [1.82, 2.24) is 4.90 Å². The van der Waals surface area contributed by atoms with Gasteiger partial charge in [-0.2, -0.15) is 0 Å². The van der Waals surface area contributed by atoms with Crippen molar-refractivity contribution in [2.45, 2.75) is 210 Å². The first kappa shape index (κ1) is 89.9. The van der Waals surface area contributed by atoms with Crippen LogP contribution < -0.4 is 20.9 Å². The van der Waals surface area contributed by atoms with Gasteiger partial charge >= 0.3 is 5.97 Å². The molecule has 93 heavy (non-hydrogen) atoms. The smallest absolute Gasteiger partial charge is 0.305 e. The average Bonchev–Trinajstić information content (AvgIpc) is 2.84. The van der Waals surface area contributed by atoms with E-state index >= 15 is 0 Å². The number of carbonyl (C=O) groups is 10. The molecule has 1 amide bonds. The lowest BCUT2D eigenvalue weighted by Gasteiger charge is -2.34. The van der Waals surface area contributed by atoms with Gasteiger partial charge in [-0.3, -0.25) is 9.59 Å². The summed E-state index contributed by atoms with van der Waals surface area (Å²) in [5.74, 6) is 3.14. The number of ether oxygens (including phenoxy) is 3. The van der Waals surface area contributed by atoms with Gasteiger partial charge in [-0.15, -0.1) is 0 Å². The molecule has 2 aliphatic heterocycles. The second-order valence-corrected chi connectivity index (χ2v) is 23.8. The summed E-state index contributed by atoms with van der Waals surface area (Å²) in [6, 6.07) is 36.6. The third kappa shape index (κ3) is 52.8. The number of nitrogens with two attached hydrogens (primary N) is 2. The van der Waals surface area contributed by atoms with E-state index in [1.54, 1.807) is 6.92 Å². The molecule has 2 heterocycles. The Morgan fingerprint density at radius 3 is 1.65 bits per heavy atom. The molecule has 0 spiro atoms. The van der Waals surface area contributed by atoms with Crippen molar-refractivity contribution in [2.75, 3.05) is 39.6 Å². The van der Waals surface area contributed by atoms with Crippen molar-refractivity contribution in [3.05, 3.63) is 131 Å². The Morgan fingerprint density at radius 1 is 0.645 bits per heavy atom. The molecule has 520 valence electrons. The molecule has 1 saturated carbocycles. The Morgan fingerprint density at radius 2 is 1.20 bits per heavy atom. The number of fused-ring (bicyclic) bond motifs is 1. The van der Waals surface area contributed by atoms with Crippen molar-refractivity contribution in [2.24, 2.45) is 40.6 Å². The number of hydrogen-bond acceptors (Lipinski definition) is 15. The highest BCUT2D eigenvalue weighted by Crippen LogP contribution is 2.39. The number of aldehydes is 8. The second kappa shape index (κ2) is 63.5. The number of carbonyl (C=O) groups excluding carboxylic acids is 10. The molecule has 1 aliphatic carbocycles. The van der Waals surface area contributed by atoms with Gasteiger partial charge in [0.1, 0.15) is 50.3 Å². The van der Waals surface area contributed by atoms with Crippen LogP contribution in [0.25, 0.3) is 0 Å². The Labute approximate surface area is 559 Å². The van der Waals surface area contributed by atoms with Gasteiger partial charge in [0.05, 0.1) is 6.61 Å². The van der Waals surface area contributed by atoms with E-state index < -0.39 is 0 Å². The van der Waals surface area contributed by atoms with Gasteiger partial charge < -0.3 is 68.9 Å². The van der Waals surface area contributed by atoms with Crippen molar-refractivity contribution < 1.29 is 62.2 Å². The quantitative estimate of drug-likeness (QED) is 0.0305. The Balaban J connectivity index is -0.000000988. The van der Waals surface area contributed by atoms with Crippen LogP contribution >= 0.6 is 0 Å². The van der Waals surface area contributed by atoms with E-state index in [1.165, 1.54) is 61.6 Å². The Hall–Kier alpha value is -7.30. The number of esters is 1. The highest BCUT2D eigenvalue weighted by atomic mass is 16.7.